The van der Waals surface area contributed by atoms with Crippen LogP contribution in [-0.4, -0.2) is 55.3 Å². The standard InChI is InChI=1S/C19H27N5O2S/c1-20-18-12-16(21-19(22-18)17-10-7-11-23(17)2)13-24(3)27(25,26)14-15-8-5-4-6-9-15/h4-6,8-9,12,17H,7,10-11,13-14H2,1-3H3,(H,20,21,22)/t17-/m0/s1. The van der Waals surface area contributed by atoms with Crippen LogP contribution in [0.5, 0.6) is 0 Å². The molecule has 7 nitrogen and oxygen atoms in total. The first kappa shape index (κ1) is 19.7. The zero-order chi connectivity index (χ0) is 19.4. The second-order valence-corrected chi connectivity index (χ2v) is 9.07. The Morgan fingerprint density at radius 2 is 2.00 bits per heavy atom. The number of hydrogen-bond donors (Lipinski definition) is 1. The van der Waals surface area contributed by atoms with Crippen LogP contribution in [0, 0.1) is 0 Å². The lowest BCUT2D eigenvalue weighted by Gasteiger charge is -2.21. The summed E-state index contributed by atoms with van der Waals surface area (Å²) in [6.45, 7) is 1.24. The Kier molecular flexibility index (Phi) is 6.08. The molecule has 1 aliphatic rings. The van der Waals surface area contributed by atoms with Gasteiger partial charge in [-0.2, -0.15) is 4.31 Å². The normalized spacial score (nSPS) is 18.1. The molecule has 2 aromatic rings. The fraction of sp³-hybridized carbons (Fsp3) is 0.474. The van der Waals surface area contributed by atoms with Crippen molar-refractivity contribution in [1.29, 1.82) is 0 Å². The zero-order valence-corrected chi connectivity index (χ0v) is 16.9. The molecular weight excluding hydrogens is 362 g/mol. The Morgan fingerprint density at radius 3 is 2.63 bits per heavy atom. The number of nitrogens with zero attached hydrogens (tertiary/aromatic N) is 4. The largest absolute Gasteiger partial charge is 0.373 e. The molecule has 1 aromatic heterocycles. The Balaban J connectivity index is 1.79. The molecule has 0 radical (unpaired) electrons. The first-order valence-corrected chi connectivity index (χ1v) is 10.7. The van der Waals surface area contributed by atoms with Gasteiger partial charge in [0.05, 0.1) is 24.0 Å². The third-order valence-electron chi connectivity index (χ3n) is 4.92. The molecule has 0 saturated carbocycles. The molecule has 0 aliphatic carbocycles. The minimum atomic E-state index is -3.43. The van der Waals surface area contributed by atoms with Crippen LogP contribution in [-0.2, 0) is 22.3 Å². The average Bonchev–Trinajstić information content (AvgIpc) is 3.08. The van der Waals surface area contributed by atoms with Crippen LogP contribution < -0.4 is 5.32 Å². The van der Waals surface area contributed by atoms with Gasteiger partial charge in [-0.1, -0.05) is 30.3 Å². The molecule has 0 unspecified atom stereocenters. The van der Waals surface area contributed by atoms with Crippen molar-refractivity contribution in [2.24, 2.45) is 0 Å². The van der Waals surface area contributed by atoms with Crippen LogP contribution in [0.1, 0.15) is 36.0 Å². The van der Waals surface area contributed by atoms with Crippen LogP contribution in [0.3, 0.4) is 0 Å². The van der Waals surface area contributed by atoms with E-state index < -0.39 is 10.0 Å². The topological polar surface area (TPSA) is 78.4 Å². The van der Waals surface area contributed by atoms with Crippen LogP contribution in [0.25, 0.3) is 0 Å². The molecule has 0 spiro atoms. The molecule has 1 fully saturated rings. The lowest BCUT2D eigenvalue weighted by atomic mass is 10.2. The van der Waals surface area contributed by atoms with Crippen molar-refractivity contribution in [2.45, 2.75) is 31.2 Å². The summed E-state index contributed by atoms with van der Waals surface area (Å²) in [4.78, 5) is 11.5. The molecule has 0 amide bonds. The van der Waals surface area contributed by atoms with Gasteiger partial charge in [-0.05, 0) is 32.0 Å². The van der Waals surface area contributed by atoms with Crippen LogP contribution in [0.4, 0.5) is 5.82 Å². The maximum absolute atomic E-state index is 12.7. The Bertz CT molecular complexity index is 873. The lowest BCUT2D eigenvalue weighted by Crippen LogP contribution is -2.29. The first-order chi connectivity index (χ1) is 12.9. The van der Waals surface area contributed by atoms with E-state index >= 15 is 0 Å². The van der Waals surface area contributed by atoms with Crippen molar-refractivity contribution in [1.82, 2.24) is 19.2 Å². The van der Waals surface area contributed by atoms with E-state index in [9.17, 15) is 8.42 Å². The number of hydrogen-bond acceptors (Lipinski definition) is 6. The number of likely N-dealkylation sites (tertiary alicyclic amines) is 1. The molecule has 1 N–H and O–H groups in total. The maximum atomic E-state index is 12.7. The fourth-order valence-electron chi connectivity index (χ4n) is 3.33. The minimum Gasteiger partial charge on any atom is -0.373 e. The molecule has 27 heavy (non-hydrogen) atoms. The summed E-state index contributed by atoms with van der Waals surface area (Å²) in [6.07, 6.45) is 2.14. The number of nitrogens with one attached hydrogen (secondary N) is 1. The first-order valence-electron chi connectivity index (χ1n) is 9.13. The smallest absolute Gasteiger partial charge is 0.218 e. The van der Waals surface area contributed by atoms with Crippen LogP contribution >= 0.6 is 0 Å². The van der Waals surface area contributed by atoms with Crippen molar-refractivity contribution in [3.63, 3.8) is 0 Å². The monoisotopic (exact) mass is 389 g/mol. The number of rotatable bonds is 7. The quantitative estimate of drug-likeness (QED) is 0.783. The van der Waals surface area contributed by atoms with Gasteiger partial charge in [0, 0.05) is 20.2 Å². The molecule has 1 atom stereocenters. The van der Waals surface area contributed by atoms with Crippen LogP contribution in [0.2, 0.25) is 0 Å². The van der Waals surface area contributed by atoms with Gasteiger partial charge in [0.15, 0.2) is 0 Å². The maximum Gasteiger partial charge on any atom is 0.218 e. The molecule has 1 aliphatic heterocycles. The van der Waals surface area contributed by atoms with Gasteiger partial charge >= 0.3 is 0 Å². The second kappa shape index (κ2) is 8.33. The molecule has 8 heteroatoms. The third-order valence-corrected chi connectivity index (χ3v) is 6.70. The summed E-state index contributed by atoms with van der Waals surface area (Å²) in [7, 11) is 2.05. The zero-order valence-electron chi connectivity index (χ0n) is 16.1. The molecule has 1 aromatic carbocycles. The summed E-state index contributed by atoms with van der Waals surface area (Å²) < 4.78 is 26.8. The molecule has 146 valence electrons. The summed E-state index contributed by atoms with van der Waals surface area (Å²) in [5.41, 5.74) is 1.47. The van der Waals surface area contributed by atoms with E-state index in [1.807, 2.05) is 43.4 Å². The van der Waals surface area contributed by atoms with Crippen molar-refractivity contribution >= 4 is 15.8 Å². The highest BCUT2D eigenvalue weighted by Crippen LogP contribution is 2.29. The van der Waals surface area contributed by atoms with Gasteiger partial charge in [0.2, 0.25) is 10.0 Å². The summed E-state index contributed by atoms with van der Waals surface area (Å²) >= 11 is 0. The highest BCUT2D eigenvalue weighted by molar-refractivity contribution is 7.88. The predicted octanol–water partition coefficient (Wildman–Crippen LogP) is 2.25. The fourth-order valence-corrected chi connectivity index (χ4v) is 4.50. The van der Waals surface area contributed by atoms with E-state index in [1.54, 1.807) is 7.05 Å². The van der Waals surface area contributed by atoms with Crippen molar-refractivity contribution < 1.29 is 8.42 Å². The lowest BCUT2D eigenvalue weighted by molar-refractivity contribution is 0.305. The molecule has 1 saturated heterocycles. The molecular formula is C19H27N5O2S. The third kappa shape index (κ3) is 4.82. The van der Waals surface area contributed by atoms with Crippen molar-refractivity contribution in [2.75, 3.05) is 33.0 Å². The van der Waals surface area contributed by atoms with Crippen molar-refractivity contribution in [3.8, 4) is 0 Å². The summed E-state index contributed by atoms with van der Waals surface area (Å²) in [5, 5.41) is 3.06. The number of benzene rings is 1. The molecule has 2 heterocycles. The van der Waals surface area contributed by atoms with E-state index in [-0.39, 0.29) is 18.3 Å². The van der Waals surface area contributed by atoms with E-state index in [4.69, 9.17) is 0 Å². The Labute approximate surface area is 161 Å². The number of anilines is 1. The van der Waals surface area contributed by atoms with Gasteiger partial charge < -0.3 is 5.32 Å². The van der Waals surface area contributed by atoms with Crippen LogP contribution in [0.15, 0.2) is 36.4 Å². The minimum absolute atomic E-state index is 0.0213. The highest BCUT2D eigenvalue weighted by atomic mass is 32.2. The van der Waals surface area contributed by atoms with E-state index in [0.717, 1.165) is 30.8 Å². The number of sulfonamides is 1. The van der Waals surface area contributed by atoms with Gasteiger partial charge in [0.25, 0.3) is 0 Å². The van der Waals surface area contributed by atoms with Gasteiger partial charge in [0.1, 0.15) is 11.6 Å². The van der Waals surface area contributed by atoms with E-state index in [1.165, 1.54) is 4.31 Å². The second-order valence-electron chi connectivity index (χ2n) is 6.99. The van der Waals surface area contributed by atoms with Gasteiger partial charge in [-0.25, -0.2) is 18.4 Å². The summed E-state index contributed by atoms with van der Waals surface area (Å²) in [6, 6.07) is 11.2. The predicted molar refractivity (Wildman–Crippen MR) is 107 cm³/mol. The Morgan fingerprint density at radius 1 is 1.26 bits per heavy atom. The van der Waals surface area contributed by atoms with Gasteiger partial charge in [-0.3, -0.25) is 4.90 Å². The average molecular weight is 390 g/mol. The number of aromatic nitrogens is 2. The van der Waals surface area contributed by atoms with E-state index in [0.29, 0.717) is 11.5 Å². The highest BCUT2D eigenvalue weighted by Gasteiger charge is 2.26. The summed E-state index contributed by atoms with van der Waals surface area (Å²) in [5.74, 6) is 1.45. The van der Waals surface area contributed by atoms with E-state index in [2.05, 4.69) is 27.2 Å². The Hall–Kier alpha value is -2.03. The van der Waals surface area contributed by atoms with Gasteiger partial charge in [-0.15, -0.1) is 0 Å². The SMILES string of the molecule is CNc1cc(CN(C)S(=O)(=O)Cc2ccccc2)nc([C@@H]2CCCN2C)n1. The molecule has 3 rings (SSSR count). The van der Waals surface area contributed by atoms with Crippen molar-refractivity contribution in [3.05, 3.63) is 53.5 Å². The molecule has 0 bridgehead atoms.